The van der Waals surface area contributed by atoms with Crippen molar-refractivity contribution in [2.75, 3.05) is 11.1 Å². The van der Waals surface area contributed by atoms with Crippen LogP contribution in [0.3, 0.4) is 0 Å². The SMILES string of the molecule is CC.CCSc1nc2ccc(NCc3cccnc3)cc2s1. The first-order valence-electron chi connectivity index (χ1n) is 7.51. The van der Waals surface area contributed by atoms with Gasteiger partial charge in [-0.2, -0.15) is 0 Å². The van der Waals surface area contributed by atoms with Gasteiger partial charge in [-0.3, -0.25) is 4.98 Å². The molecule has 1 aromatic carbocycles. The summed E-state index contributed by atoms with van der Waals surface area (Å²) in [6.07, 6.45) is 3.67. The molecule has 0 saturated heterocycles. The highest BCUT2D eigenvalue weighted by molar-refractivity contribution is 8.01. The fourth-order valence-electron chi connectivity index (χ4n) is 1.91. The third-order valence-electron chi connectivity index (χ3n) is 2.86. The van der Waals surface area contributed by atoms with Gasteiger partial charge in [0, 0.05) is 24.6 Å². The number of nitrogens with one attached hydrogen (secondary N) is 1. The number of benzene rings is 1. The first kappa shape index (κ1) is 16.8. The Morgan fingerprint density at radius 1 is 1.23 bits per heavy atom. The monoisotopic (exact) mass is 331 g/mol. The van der Waals surface area contributed by atoms with Crippen LogP contribution in [0, 0.1) is 0 Å². The van der Waals surface area contributed by atoms with E-state index >= 15 is 0 Å². The zero-order chi connectivity index (χ0) is 15.8. The Bertz CT molecular complexity index is 695. The lowest BCUT2D eigenvalue weighted by atomic mass is 10.2. The van der Waals surface area contributed by atoms with Gasteiger partial charge in [0.15, 0.2) is 4.34 Å². The summed E-state index contributed by atoms with van der Waals surface area (Å²) < 4.78 is 2.38. The first-order chi connectivity index (χ1) is 10.8. The van der Waals surface area contributed by atoms with Crippen LogP contribution >= 0.6 is 23.1 Å². The van der Waals surface area contributed by atoms with Crippen molar-refractivity contribution in [3.8, 4) is 0 Å². The van der Waals surface area contributed by atoms with E-state index in [2.05, 4.69) is 46.5 Å². The average molecular weight is 332 g/mol. The highest BCUT2D eigenvalue weighted by Crippen LogP contribution is 2.31. The Balaban J connectivity index is 0.000000847. The molecule has 0 aliphatic rings. The summed E-state index contributed by atoms with van der Waals surface area (Å²) in [7, 11) is 0. The lowest BCUT2D eigenvalue weighted by Crippen LogP contribution is -1.99. The summed E-state index contributed by atoms with van der Waals surface area (Å²) in [5, 5.41) is 3.43. The van der Waals surface area contributed by atoms with Gasteiger partial charge in [0.25, 0.3) is 0 Å². The number of aromatic nitrogens is 2. The molecule has 0 atom stereocenters. The zero-order valence-corrected chi connectivity index (χ0v) is 14.8. The smallest absolute Gasteiger partial charge is 0.151 e. The van der Waals surface area contributed by atoms with E-state index in [0.717, 1.165) is 27.8 Å². The summed E-state index contributed by atoms with van der Waals surface area (Å²) in [6, 6.07) is 10.4. The van der Waals surface area contributed by atoms with E-state index in [-0.39, 0.29) is 0 Å². The lowest BCUT2D eigenvalue weighted by molar-refractivity contribution is 1.11. The second-order valence-corrected chi connectivity index (χ2v) is 6.85. The van der Waals surface area contributed by atoms with Crippen LogP contribution in [0.4, 0.5) is 5.69 Å². The minimum atomic E-state index is 0.786. The van der Waals surface area contributed by atoms with Gasteiger partial charge in [0.05, 0.1) is 10.2 Å². The molecule has 3 rings (SSSR count). The molecular weight excluding hydrogens is 310 g/mol. The largest absolute Gasteiger partial charge is 0.381 e. The minimum Gasteiger partial charge on any atom is -0.381 e. The maximum atomic E-state index is 4.61. The van der Waals surface area contributed by atoms with Gasteiger partial charge in [0.2, 0.25) is 0 Å². The van der Waals surface area contributed by atoms with E-state index in [9.17, 15) is 0 Å². The van der Waals surface area contributed by atoms with E-state index in [1.807, 2.05) is 26.1 Å². The molecule has 0 radical (unpaired) electrons. The van der Waals surface area contributed by atoms with Crippen LogP contribution < -0.4 is 5.32 Å². The number of hydrogen-bond donors (Lipinski definition) is 1. The molecule has 3 aromatic rings. The number of nitrogens with zero attached hydrogens (tertiary/aromatic N) is 2. The summed E-state index contributed by atoms with van der Waals surface area (Å²) in [6.45, 7) is 6.94. The molecule has 0 unspecified atom stereocenters. The Kier molecular flexibility index (Phi) is 6.68. The van der Waals surface area contributed by atoms with E-state index in [1.165, 1.54) is 10.3 Å². The molecular formula is C17H21N3S2. The lowest BCUT2D eigenvalue weighted by Gasteiger charge is -2.05. The predicted octanol–water partition coefficient (Wildman–Crippen LogP) is 5.44. The topological polar surface area (TPSA) is 37.8 Å². The van der Waals surface area contributed by atoms with E-state index in [4.69, 9.17) is 0 Å². The normalized spacial score (nSPS) is 10.1. The molecule has 0 spiro atoms. The van der Waals surface area contributed by atoms with Gasteiger partial charge in [-0.1, -0.05) is 38.6 Å². The predicted molar refractivity (Wildman–Crippen MR) is 98.9 cm³/mol. The highest BCUT2D eigenvalue weighted by Gasteiger charge is 2.04. The highest BCUT2D eigenvalue weighted by atomic mass is 32.2. The molecule has 2 heterocycles. The Morgan fingerprint density at radius 3 is 2.82 bits per heavy atom. The van der Waals surface area contributed by atoms with Gasteiger partial charge >= 0.3 is 0 Å². The number of fused-ring (bicyclic) bond motifs is 1. The summed E-state index contributed by atoms with van der Waals surface area (Å²) in [5.41, 5.74) is 3.38. The Labute approximate surface area is 140 Å². The fraction of sp³-hybridized carbons (Fsp3) is 0.294. The van der Waals surface area contributed by atoms with Gasteiger partial charge in [-0.15, -0.1) is 11.3 Å². The number of rotatable bonds is 5. The van der Waals surface area contributed by atoms with Crippen LogP contribution in [-0.4, -0.2) is 15.7 Å². The van der Waals surface area contributed by atoms with Crippen LogP contribution in [0.15, 0.2) is 47.1 Å². The van der Waals surface area contributed by atoms with Crippen LogP contribution in [0.5, 0.6) is 0 Å². The van der Waals surface area contributed by atoms with Crippen molar-refractivity contribution in [2.24, 2.45) is 0 Å². The summed E-state index contributed by atoms with van der Waals surface area (Å²) in [4.78, 5) is 8.73. The number of hydrogen-bond acceptors (Lipinski definition) is 5. The molecule has 2 aromatic heterocycles. The van der Waals surface area contributed by atoms with Crippen LogP contribution in [0.1, 0.15) is 26.3 Å². The average Bonchev–Trinajstić information content (AvgIpc) is 2.98. The maximum Gasteiger partial charge on any atom is 0.151 e. The molecule has 1 N–H and O–H groups in total. The van der Waals surface area contributed by atoms with Gasteiger partial charge in [0.1, 0.15) is 0 Å². The van der Waals surface area contributed by atoms with E-state index < -0.39 is 0 Å². The molecule has 0 fully saturated rings. The minimum absolute atomic E-state index is 0.786. The van der Waals surface area contributed by atoms with Crippen molar-refractivity contribution in [1.29, 1.82) is 0 Å². The standard InChI is InChI=1S/C15H15N3S2.C2H6/c1-2-19-15-18-13-6-5-12(8-14(13)20-15)17-10-11-4-3-7-16-9-11;1-2/h3-9,17H,2,10H2,1H3;1-2H3. The van der Waals surface area contributed by atoms with Crippen molar-refractivity contribution in [3.63, 3.8) is 0 Å². The van der Waals surface area contributed by atoms with Crippen molar-refractivity contribution in [1.82, 2.24) is 9.97 Å². The molecule has 0 aliphatic heterocycles. The van der Waals surface area contributed by atoms with E-state index in [1.54, 1.807) is 29.3 Å². The van der Waals surface area contributed by atoms with Crippen LogP contribution in [0.2, 0.25) is 0 Å². The van der Waals surface area contributed by atoms with Gasteiger partial charge in [-0.05, 0) is 35.6 Å². The number of thioether (sulfide) groups is 1. The van der Waals surface area contributed by atoms with Crippen molar-refractivity contribution in [2.45, 2.75) is 31.7 Å². The zero-order valence-electron chi connectivity index (χ0n) is 13.2. The summed E-state index contributed by atoms with van der Waals surface area (Å²) in [5.74, 6) is 1.06. The van der Waals surface area contributed by atoms with Crippen molar-refractivity contribution in [3.05, 3.63) is 48.3 Å². The summed E-state index contributed by atoms with van der Waals surface area (Å²) >= 11 is 3.55. The first-order valence-corrected chi connectivity index (χ1v) is 9.31. The quantitative estimate of drug-likeness (QED) is 0.632. The van der Waals surface area contributed by atoms with Gasteiger partial charge in [-0.25, -0.2) is 4.98 Å². The van der Waals surface area contributed by atoms with Crippen molar-refractivity contribution >= 4 is 39.0 Å². The Hall–Kier alpha value is -1.59. The second-order valence-electron chi connectivity index (χ2n) is 4.31. The maximum absolute atomic E-state index is 4.61. The third kappa shape index (κ3) is 4.45. The van der Waals surface area contributed by atoms with E-state index in [0.29, 0.717) is 0 Å². The van der Waals surface area contributed by atoms with Crippen LogP contribution in [0.25, 0.3) is 10.2 Å². The second kappa shape index (κ2) is 8.76. The van der Waals surface area contributed by atoms with Gasteiger partial charge < -0.3 is 5.32 Å². The third-order valence-corrected chi connectivity index (χ3v) is 4.90. The van der Waals surface area contributed by atoms with Crippen molar-refractivity contribution < 1.29 is 0 Å². The molecule has 3 nitrogen and oxygen atoms in total. The van der Waals surface area contributed by atoms with Crippen LogP contribution in [-0.2, 0) is 6.54 Å². The molecule has 5 heteroatoms. The molecule has 116 valence electrons. The fourth-order valence-corrected chi connectivity index (χ4v) is 3.91. The number of thiazole rings is 1. The number of pyridine rings is 1. The molecule has 0 aliphatic carbocycles. The molecule has 0 amide bonds. The number of anilines is 1. The molecule has 0 bridgehead atoms. The Morgan fingerprint density at radius 2 is 2.09 bits per heavy atom. The molecule has 0 saturated carbocycles. The molecule has 22 heavy (non-hydrogen) atoms.